The number of nitrogens with one attached hydrogen (secondary N) is 1. The Bertz CT molecular complexity index is 1130. The maximum Gasteiger partial charge on any atom is 0.276 e. The molecule has 1 N–H and O–H groups in total. The molecule has 3 aromatic rings. The zero-order valence-electron chi connectivity index (χ0n) is 15.4. The number of rotatable bonds is 4. The molecule has 0 aliphatic carbocycles. The molecule has 1 aliphatic heterocycles. The van der Waals surface area contributed by atoms with Gasteiger partial charge in [0.15, 0.2) is 5.71 Å². The van der Waals surface area contributed by atoms with E-state index in [1.54, 1.807) is 18.3 Å². The second-order valence-electron chi connectivity index (χ2n) is 6.44. The second-order valence-corrected chi connectivity index (χ2v) is 7.29. The normalized spacial score (nSPS) is 14.3. The number of halogens is 2. The summed E-state index contributed by atoms with van der Waals surface area (Å²) >= 11 is 12.2. The Labute approximate surface area is 178 Å². The average molecular weight is 423 g/mol. The number of carbonyl (C=O) groups excluding carboxylic acids is 1. The van der Waals surface area contributed by atoms with E-state index in [1.807, 2.05) is 49.5 Å². The molecular weight excluding hydrogens is 407 g/mol. The summed E-state index contributed by atoms with van der Waals surface area (Å²) in [6.07, 6.45) is 1.59. The number of nitrogens with zero attached hydrogens (tertiary/aromatic N) is 3. The van der Waals surface area contributed by atoms with Gasteiger partial charge in [-0.25, -0.2) is 0 Å². The number of carbonyl (C=O) groups is 1. The maximum absolute atomic E-state index is 12.2. The maximum atomic E-state index is 12.2. The number of amides is 1. The Morgan fingerprint density at radius 1 is 0.966 bits per heavy atom. The molecule has 0 fully saturated rings. The molecule has 3 aromatic carbocycles. The third-order valence-electron chi connectivity index (χ3n) is 4.55. The summed E-state index contributed by atoms with van der Waals surface area (Å²) in [7, 11) is 2.01. The molecule has 4 rings (SSSR count). The summed E-state index contributed by atoms with van der Waals surface area (Å²) in [5.41, 5.74) is 4.24. The number of fused-ring (bicyclic) bond motifs is 1. The Morgan fingerprint density at radius 3 is 2.38 bits per heavy atom. The van der Waals surface area contributed by atoms with Crippen molar-refractivity contribution in [1.82, 2.24) is 0 Å². The molecule has 0 bridgehead atoms. The molecule has 0 spiro atoms. The fraction of sp³-hybridized carbons (Fsp3) is 0.0455. The van der Waals surface area contributed by atoms with Crippen molar-refractivity contribution < 1.29 is 4.79 Å². The molecule has 1 aliphatic rings. The monoisotopic (exact) mass is 422 g/mol. The lowest BCUT2D eigenvalue weighted by molar-refractivity contribution is -0.110. The molecule has 1 amide bonds. The van der Waals surface area contributed by atoms with Crippen molar-refractivity contribution >= 4 is 58.1 Å². The van der Waals surface area contributed by atoms with Crippen LogP contribution in [0.5, 0.6) is 0 Å². The highest BCUT2D eigenvalue weighted by molar-refractivity contribution is 6.56. The minimum absolute atomic E-state index is 0.182. The Morgan fingerprint density at radius 2 is 1.66 bits per heavy atom. The van der Waals surface area contributed by atoms with Crippen LogP contribution in [0.3, 0.4) is 0 Å². The Hall–Kier alpha value is -3.15. The third kappa shape index (κ3) is 4.01. The van der Waals surface area contributed by atoms with Gasteiger partial charge in [0.1, 0.15) is 0 Å². The predicted octanol–water partition coefficient (Wildman–Crippen LogP) is 5.54. The molecule has 7 heteroatoms. The summed E-state index contributed by atoms with van der Waals surface area (Å²) in [6, 6.07) is 21.2. The van der Waals surface area contributed by atoms with Gasteiger partial charge in [0.2, 0.25) is 0 Å². The summed E-state index contributed by atoms with van der Waals surface area (Å²) in [4.78, 5) is 14.3. The van der Waals surface area contributed by atoms with Crippen molar-refractivity contribution in [3.63, 3.8) is 0 Å². The molecule has 0 saturated carbocycles. The lowest BCUT2D eigenvalue weighted by atomic mass is 10.1. The van der Waals surface area contributed by atoms with Gasteiger partial charge < -0.3 is 10.2 Å². The molecule has 5 nitrogen and oxygen atoms in total. The van der Waals surface area contributed by atoms with Crippen LogP contribution in [-0.2, 0) is 4.79 Å². The number of para-hydroxylation sites is 1. The van der Waals surface area contributed by atoms with Gasteiger partial charge in [0, 0.05) is 29.0 Å². The van der Waals surface area contributed by atoms with E-state index < -0.39 is 0 Å². The summed E-state index contributed by atoms with van der Waals surface area (Å²) in [6.45, 7) is 0. The Kier molecular flexibility index (Phi) is 5.34. The van der Waals surface area contributed by atoms with E-state index in [2.05, 4.69) is 32.6 Å². The number of hydrogen-bond acceptors (Lipinski definition) is 4. The molecular formula is C22H16Cl2N4O. The highest BCUT2D eigenvalue weighted by atomic mass is 35.5. The van der Waals surface area contributed by atoms with Gasteiger partial charge >= 0.3 is 0 Å². The van der Waals surface area contributed by atoms with Crippen LogP contribution in [0, 0.1) is 0 Å². The summed E-state index contributed by atoms with van der Waals surface area (Å²) in [5, 5.41) is 11.6. The minimum Gasteiger partial charge on any atom is -0.345 e. The smallest absolute Gasteiger partial charge is 0.276 e. The second kappa shape index (κ2) is 8.07. The first-order valence-corrected chi connectivity index (χ1v) is 9.59. The van der Waals surface area contributed by atoms with Crippen molar-refractivity contribution in [2.24, 2.45) is 10.2 Å². The van der Waals surface area contributed by atoms with Crippen LogP contribution in [0.25, 0.3) is 0 Å². The molecule has 0 aromatic heterocycles. The quantitative estimate of drug-likeness (QED) is 0.443. The van der Waals surface area contributed by atoms with Crippen LogP contribution >= 0.6 is 23.2 Å². The Balaban J connectivity index is 1.53. The topological polar surface area (TPSA) is 57.1 Å². The van der Waals surface area contributed by atoms with E-state index in [9.17, 15) is 4.79 Å². The lowest BCUT2D eigenvalue weighted by Gasteiger charge is -2.19. The van der Waals surface area contributed by atoms with Gasteiger partial charge in [-0.1, -0.05) is 53.5 Å². The average Bonchev–Trinajstić information content (AvgIpc) is 3.04. The van der Waals surface area contributed by atoms with Crippen LogP contribution in [-0.4, -0.2) is 24.9 Å². The van der Waals surface area contributed by atoms with E-state index in [-0.39, 0.29) is 11.6 Å². The fourth-order valence-electron chi connectivity index (χ4n) is 3.02. The van der Waals surface area contributed by atoms with Crippen molar-refractivity contribution in [2.75, 3.05) is 17.3 Å². The van der Waals surface area contributed by atoms with Crippen LogP contribution < -0.4 is 10.2 Å². The van der Waals surface area contributed by atoms with Gasteiger partial charge in [-0.3, -0.25) is 4.79 Å². The first-order valence-electron chi connectivity index (χ1n) is 8.83. The van der Waals surface area contributed by atoms with E-state index in [1.165, 1.54) is 0 Å². The molecule has 0 atom stereocenters. The summed E-state index contributed by atoms with van der Waals surface area (Å²) in [5.74, 6) is -0.360. The molecule has 0 radical (unpaired) electrons. The van der Waals surface area contributed by atoms with Crippen molar-refractivity contribution in [3.05, 3.63) is 87.9 Å². The van der Waals surface area contributed by atoms with E-state index >= 15 is 0 Å². The first-order chi connectivity index (χ1) is 14.0. The zero-order chi connectivity index (χ0) is 20.4. The van der Waals surface area contributed by atoms with E-state index in [4.69, 9.17) is 23.2 Å². The van der Waals surface area contributed by atoms with E-state index in [0.717, 1.165) is 16.9 Å². The molecule has 0 unspecified atom stereocenters. The van der Waals surface area contributed by atoms with Crippen LogP contribution in [0.4, 0.5) is 17.1 Å². The number of anilines is 3. The number of hydrogen-bond donors (Lipinski definition) is 1. The first kappa shape index (κ1) is 19.2. The molecule has 29 heavy (non-hydrogen) atoms. The van der Waals surface area contributed by atoms with Crippen LogP contribution in [0.15, 0.2) is 76.9 Å². The van der Waals surface area contributed by atoms with Crippen molar-refractivity contribution in [3.8, 4) is 0 Å². The molecule has 1 heterocycles. The van der Waals surface area contributed by atoms with Gasteiger partial charge in [0.05, 0.1) is 16.9 Å². The molecule has 144 valence electrons. The lowest BCUT2D eigenvalue weighted by Crippen LogP contribution is -2.13. The largest absolute Gasteiger partial charge is 0.345 e. The SMILES string of the molecule is CN(c1ccccc1)c1ccc(/C=N\N=C2/C(=O)Nc3c(Cl)cc(Cl)cc32)cc1. The van der Waals surface area contributed by atoms with Crippen LogP contribution in [0.1, 0.15) is 11.1 Å². The fourth-order valence-corrected chi connectivity index (χ4v) is 3.56. The standard InChI is InChI=1S/C22H16Cl2N4O/c1-28(16-5-3-2-4-6-16)17-9-7-14(8-10-17)13-25-27-21-18-11-15(23)12-19(24)20(18)26-22(21)29/h2-13H,1H3,(H,26,27,29)/b25-13-. The van der Waals surface area contributed by atoms with Gasteiger partial charge in [-0.05, 0) is 42.0 Å². The zero-order valence-corrected chi connectivity index (χ0v) is 16.9. The van der Waals surface area contributed by atoms with Gasteiger partial charge in [-0.2, -0.15) is 5.10 Å². The summed E-state index contributed by atoms with van der Waals surface area (Å²) < 4.78 is 0. The van der Waals surface area contributed by atoms with E-state index in [0.29, 0.717) is 21.3 Å². The third-order valence-corrected chi connectivity index (χ3v) is 5.07. The van der Waals surface area contributed by atoms with Crippen molar-refractivity contribution in [1.29, 1.82) is 0 Å². The predicted molar refractivity (Wildman–Crippen MR) is 120 cm³/mol. The highest BCUT2D eigenvalue weighted by Crippen LogP contribution is 2.34. The number of benzene rings is 3. The van der Waals surface area contributed by atoms with Crippen LogP contribution in [0.2, 0.25) is 10.0 Å². The highest BCUT2D eigenvalue weighted by Gasteiger charge is 2.28. The van der Waals surface area contributed by atoms with Gasteiger partial charge in [-0.15, -0.1) is 5.10 Å². The van der Waals surface area contributed by atoms with Gasteiger partial charge in [0.25, 0.3) is 5.91 Å². The van der Waals surface area contributed by atoms with Crippen molar-refractivity contribution in [2.45, 2.75) is 0 Å². The minimum atomic E-state index is -0.360. The molecule has 0 saturated heterocycles.